The van der Waals surface area contributed by atoms with E-state index in [1.54, 1.807) is 30.7 Å². The van der Waals surface area contributed by atoms with E-state index in [0.717, 1.165) is 27.7 Å². The first-order valence-corrected chi connectivity index (χ1v) is 10.3. The first-order valence-electron chi connectivity index (χ1n) is 9.51. The fourth-order valence-corrected chi connectivity index (χ4v) is 4.35. The normalized spacial score (nSPS) is 12.5. The molecule has 0 spiro atoms. The molecule has 4 rings (SSSR count). The molecule has 1 N–H and O–H groups in total. The standard InChI is InChI=1S/C22H23N5O2S/c1-14-13-27-17(15(2)24-22(27)30-14)9-10-19(28)25-20(21-23-11-12-26(21)3)16-7-5-6-8-18(16)29-4/h5-13,20H,1-4H3,(H,25,28)/b10-9+. The highest BCUT2D eigenvalue weighted by Gasteiger charge is 2.23. The van der Waals surface area contributed by atoms with Gasteiger partial charge in [-0.3, -0.25) is 9.20 Å². The van der Waals surface area contributed by atoms with Crippen LogP contribution in [-0.4, -0.2) is 32.0 Å². The zero-order chi connectivity index (χ0) is 21.3. The molecule has 1 amide bonds. The molecule has 1 aromatic carbocycles. The van der Waals surface area contributed by atoms with Gasteiger partial charge in [-0.25, -0.2) is 9.97 Å². The van der Waals surface area contributed by atoms with Crippen LogP contribution in [0.4, 0.5) is 0 Å². The van der Waals surface area contributed by atoms with E-state index in [-0.39, 0.29) is 5.91 Å². The molecule has 1 atom stereocenters. The van der Waals surface area contributed by atoms with Crippen molar-refractivity contribution in [3.8, 4) is 5.75 Å². The molecule has 0 bridgehead atoms. The van der Waals surface area contributed by atoms with Crippen molar-refractivity contribution < 1.29 is 9.53 Å². The number of nitrogens with zero attached hydrogens (tertiary/aromatic N) is 4. The summed E-state index contributed by atoms with van der Waals surface area (Å²) < 4.78 is 9.41. The van der Waals surface area contributed by atoms with Crippen LogP contribution in [0, 0.1) is 13.8 Å². The second-order valence-electron chi connectivity index (χ2n) is 6.99. The van der Waals surface area contributed by atoms with Crippen LogP contribution in [-0.2, 0) is 11.8 Å². The van der Waals surface area contributed by atoms with Gasteiger partial charge in [-0.1, -0.05) is 18.2 Å². The van der Waals surface area contributed by atoms with Crippen LogP contribution in [0.1, 0.15) is 33.7 Å². The Hall–Kier alpha value is -3.39. The number of ether oxygens (including phenoxy) is 1. The highest BCUT2D eigenvalue weighted by atomic mass is 32.1. The largest absolute Gasteiger partial charge is 0.496 e. The average molecular weight is 422 g/mol. The molecular formula is C22H23N5O2S. The Labute approximate surface area is 178 Å². The van der Waals surface area contributed by atoms with Crippen molar-refractivity contribution in [3.05, 3.63) is 76.6 Å². The minimum atomic E-state index is -0.451. The zero-order valence-corrected chi connectivity index (χ0v) is 18.1. The first kappa shape index (κ1) is 19.9. The van der Waals surface area contributed by atoms with Gasteiger partial charge in [0, 0.05) is 42.2 Å². The summed E-state index contributed by atoms with van der Waals surface area (Å²) in [5.41, 5.74) is 2.62. The predicted molar refractivity (Wildman–Crippen MR) is 118 cm³/mol. The van der Waals surface area contributed by atoms with E-state index in [2.05, 4.69) is 15.3 Å². The third kappa shape index (κ3) is 3.73. The maximum absolute atomic E-state index is 12.9. The molecule has 0 radical (unpaired) electrons. The molecule has 7 nitrogen and oxygen atoms in total. The average Bonchev–Trinajstić information content (AvgIpc) is 3.38. The number of nitrogens with one attached hydrogen (secondary N) is 1. The van der Waals surface area contributed by atoms with Crippen LogP contribution in [0.2, 0.25) is 0 Å². The third-order valence-corrected chi connectivity index (χ3v) is 5.81. The number of hydrogen-bond acceptors (Lipinski definition) is 5. The van der Waals surface area contributed by atoms with Crippen molar-refractivity contribution in [1.29, 1.82) is 0 Å². The number of para-hydroxylation sites is 1. The van der Waals surface area contributed by atoms with Gasteiger partial charge in [0.15, 0.2) is 4.96 Å². The van der Waals surface area contributed by atoms with Crippen molar-refractivity contribution in [2.75, 3.05) is 7.11 Å². The van der Waals surface area contributed by atoms with Crippen molar-refractivity contribution in [2.45, 2.75) is 19.9 Å². The molecule has 1 unspecified atom stereocenters. The Morgan fingerprint density at radius 3 is 2.83 bits per heavy atom. The van der Waals surface area contributed by atoms with E-state index in [4.69, 9.17) is 4.74 Å². The zero-order valence-electron chi connectivity index (χ0n) is 17.3. The van der Waals surface area contributed by atoms with Crippen LogP contribution in [0.3, 0.4) is 0 Å². The van der Waals surface area contributed by atoms with Gasteiger partial charge in [0.1, 0.15) is 17.6 Å². The van der Waals surface area contributed by atoms with Gasteiger partial charge in [-0.2, -0.15) is 0 Å². The number of hydrogen-bond donors (Lipinski definition) is 1. The summed E-state index contributed by atoms with van der Waals surface area (Å²) in [6.45, 7) is 3.98. The number of amides is 1. The van der Waals surface area contributed by atoms with E-state index in [1.807, 2.05) is 66.5 Å². The predicted octanol–water partition coefficient (Wildman–Crippen LogP) is 3.67. The molecule has 0 aliphatic heterocycles. The first-order chi connectivity index (χ1) is 14.5. The number of benzene rings is 1. The molecule has 0 saturated heterocycles. The van der Waals surface area contributed by atoms with E-state index < -0.39 is 6.04 Å². The summed E-state index contributed by atoms with van der Waals surface area (Å²) in [6, 6.07) is 7.17. The van der Waals surface area contributed by atoms with Crippen LogP contribution >= 0.6 is 11.3 Å². The minimum absolute atomic E-state index is 0.227. The molecular weight excluding hydrogens is 398 g/mol. The lowest BCUT2D eigenvalue weighted by molar-refractivity contribution is -0.117. The number of imidazole rings is 2. The Morgan fingerprint density at radius 1 is 1.30 bits per heavy atom. The van der Waals surface area contributed by atoms with Crippen molar-refractivity contribution in [1.82, 2.24) is 24.3 Å². The van der Waals surface area contributed by atoms with E-state index in [1.165, 1.54) is 11.0 Å². The van der Waals surface area contributed by atoms with Crippen LogP contribution in [0.15, 0.2) is 48.9 Å². The van der Waals surface area contributed by atoms with Crippen LogP contribution in [0.5, 0.6) is 5.75 Å². The number of aromatic nitrogens is 4. The topological polar surface area (TPSA) is 73.4 Å². The highest BCUT2D eigenvalue weighted by Crippen LogP contribution is 2.29. The Bertz CT molecular complexity index is 1230. The van der Waals surface area contributed by atoms with E-state index >= 15 is 0 Å². The molecule has 0 aliphatic rings. The number of thiazole rings is 1. The summed E-state index contributed by atoms with van der Waals surface area (Å²) in [7, 11) is 3.52. The summed E-state index contributed by atoms with van der Waals surface area (Å²) in [4.78, 5) is 24.0. The van der Waals surface area contributed by atoms with Gasteiger partial charge < -0.3 is 14.6 Å². The van der Waals surface area contributed by atoms with Gasteiger partial charge >= 0.3 is 0 Å². The second kappa shape index (κ2) is 8.16. The number of aryl methyl sites for hydroxylation is 3. The lowest BCUT2D eigenvalue weighted by atomic mass is 10.0. The highest BCUT2D eigenvalue weighted by molar-refractivity contribution is 7.17. The molecule has 0 aliphatic carbocycles. The summed E-state index contributed by atoms with van der Waals surface area (Å²) in [5, 5.41) is 3.07. The number of carbonyl (C=O) groups is 1. The molecule has 8 heteroatoms. The lowest BCUT2D eigenvalue weighted by Crippen LogP contribution is -2.30. The molecule has 154 valence electrons. The number of methoxy groups -OCH3 is 1. The van der Waals surface area contributed by atoms with E-state index in [9.17, 15) is 4.79 Å². The summed E-state index contributed by atoms with van der Waals surface area (Å²) in [6.07, 6.45) is 8.93. The fraction of sp³-hybridized carbons (Fsp3) is 0.227. The second-order valence-corrected chi connectivity index (χ2v) is 8.20. The SMILES string of the molecule is COc1ccccc1C(NC(=O)/C=C/c1c(C)nc2sc(C)cn12)c1nccn1C. The molecule has 0 saturated carbocycles. The monoisotopic (exact) mass is 421 g/mol. The van der Waals surface area contributed by atoms with E-state index in [0.29, 0.717) is 5.75 Å². The number of rotatable bonds is 6. The van der Waals surface area contributed by atoms with Crippen molar-refractivity contribution in [3.63, 3.8) is 0 Å². The number of carbonyl (C=O) groups excluding carboxylic acids is 1. The van der Waals surface area contributed by atoms with Crippen molar-refractivity contribution >= 4 is 28.3 Å². The van der Waals surface area contributed by atoms with Crippen LogP contribution < -0.4 is 10.1 Å². The third-order valence-electron chi connectivity index (χ3n) is 4.91. The number of fused-ring (bicyclic) bond motifs is 1. The van der Waals surface area contributed by atoms with Gasteiger partial charge in [0.2, 0.25) is 5.91 Å². The van der Waals surface area contributed by atoms with Gasteiger partial charge in [0.05, 0.1) is 18.5 Å². The Morgan fingerprint density at radius 2 is 2.10 bits per heavy atom. The quantitative estimate of drug-likeness (QED) is 0.482. The maximum atomic E-state index is 12.9. The fourth-order valence-electron chi connectivity index (χ4n) is 3.47. The molecule has 4 aromatic rings. The summed E-state index contributed by atoms with van der Waals surface area (Å²) in [5.74, 6) is 1.18. The lowest BCUT2D eigenvalue weighted by Gasteiger charge is -2.20. The smallest absolute Gasteiger partial charge is 0.244 e. The van der Waals surface area contributed by atoms with Crippen LogP contribution in [0.25, 0.3) is 11.0 Å². The Kier molecular flexibility index (Phi) is 5.41. The molecule has 0 fully saturated rings. The van der Waals surface area contributed by atoms with Crippen molar-refractivity contribution in [2.24, 2.45) is 7.05 Å². The van der Waals surface area contributed by atoms with Gasteiger partial charge in [-0.05, 0) is 26.0 Å². The Balaban J connectivity index is 1.64. The summed E-state index contributed by atoms with van der Waals surface area (Å²) >= 11 is 1.63. The van der Waals surface area contributed by atoms with Gasteiger partial charge in [0.25, 0.3) is 0 Å². The molecule has 30 heavy (non-hydrogen) atoms. The molecule has 3 heterocycles. The maximum Gasteiger partial charge on any atom is 0.244 e. The molecule has 3 aromatic heterocycles. The van der Waals surface area contributed by atoms with Gasteiger partial charge in [-0.15, -0.1) is 11.3 Å². The minimum Gasteiger partial charge on any atom is -0.496 e.